The largest absolute Gasteiger partial charge is 0.504 e. The molecule has 0 saturated carbocycles. The Labute approximate surface area is 189 Å². The Kier molecular flexibility index (Phi) is 7.16. The van der Waals surface area contributed by atoms with Gasteiger partial charge in [-0.25, -0.2) is 0 Å². The molecule has 0 saturated heterocycles. The quantitative estimate of drug-likeness (QED) is 0.484. The SMILES string of the molecule is COc1cc(/C=C/C(=O)C(C)(C)C(=O)/C=C/[C@@]2(C)C=C(C#N)C(O)C(C)(C)C2)ccc1O. The fourth-order valence-corrected chi connectivity index (χ4v) is 3.96. The highest BCUT2D eigenvalue weighted by atomic mass is 16.5. The molecule has 1 aromatic rings. The number of nitriles is 1. The first-order chi connectivity index (χ1) is 14.8. The lowest BCUT2D eigenvalue weighted by Gasteiger charge is -2.41. The third-order valence-corrected chi connectivity index (χ3v) is 5.96. The van der Waals surface area contributed by atoms with Gasteiger partial charge in [-0.15, -0.1) is 0 Å². The molecular weight excluding hydrogens is 406 g/mol. The summed E-state index contributed by atoms with van der Waals surface area (Å²) in [5.41, 5.74) is -1.47. The summed E-state index contributed by atoms with van der Waals surface area (Å²) in [4.78, 5) is 25.7. The van der Waals surface area contributed by atoms with E-state index in [2.05, 4.69) is 0 Å². The molecule has 0 amide bonds. The summed E-state index contributed by atoms with van der Waals surface area (Å²) in [7, 11) is 1.44. The van der Waals surface area contributed by atoms with Crippen molar-refractivity contribution >= 4 is 17.6 Å². The number of aliphatic hydroxyl groups excluding tert-OH is 1. The van der Waals surface area contributed by atoms with Crippen LogP contribution >= 0.6 is 0 Å². The van der Waals surface area contributed by atoms with Crippen LogP contribution in [0.1, 0.15) is 46.6 Å². The minimum Gasteiger partial charge on any atom is -0.504 e. The lowest BCUT2D eigenvalue weighted by atomic mass is 9.64. The summed E-state index contributed by atoms with van der Waals surface area (Å²) in [5, 5.41) is 29.4. The molecule has 2 N–H and O–H groups in total. The first-order valence-corrected chi connectivity index (χ1v) is 10.4. The van der Waals surface area contributed by atoms with Crippen molar-refractivity contribution in [3.63, 3.8) is 0 Å². The highest BCUT2D eigenvalue weighted by Gasteiger charge is 2.42. The first-order valence-electron chi connectivity index (χ1n) is 10.4. The number of aliphatic hydroxyl groups is 1. The van der Waals surface area contributed by atoms with Gasteiger partial charge in [0.1, 0.15) is 0 Å². The summed E-state index contributed by atoms with van der Waals surface area (Å²) in [6.07, 6.45) is 7.40. The van der Waals surface area contributed by atoms with Gasteiger partial charge in [-0.05, 0) is 55.5 Å². The van der Waals surface area contributed by atoms with Gasteiger partial charge in [-0.1, -0.05) is 45.1 Å². The smallest absolute Gasteiger partial charge is 0.169 e. The number of phenolic OH excluding ortho intramolecular Hbond substituents is 1. The van der Waals surface area contributed by atoms with Crippen LogP contribution < -0.4 is 4.74 Å². The molecule has 6 heteroatoms. The molecule has 0 bridgehead atoms. The Morgan fingerprint density at radius 2 is 1.84 bits per heavy atom. The van der Waals surface area contributed by atoms with Gasteiger partial charge in [0.05, 0.1) is 30.3 Å². The third-order valence-electron chi connectivity index (χ3n) is 5.96. The number of phenols is 1. The fraction of sp³-hybridized carbons (Fsp3) is 0.423. The van der Waals surface area contributed by atoms with Gasteiger partial charge in [-0.3, -0.25) is 9.59 Å². The van der Waals surface area contributed by atoms with Crippen molar-refractivity contribution in [3.8, 4) is 17.6 Å². The number of methoxy groups -OCH3 is 1. The first kappa shape index (κ1) is 25.1. The second-order valence-electron chi connectivity index (χ2n) is 9.74. The number of carbonyl (C=O) groups is 2. The Balaban J connectivity index is 2.21. The number of benzene rings is 1. The van der Waals surface area contributed by atoms with E-state index in [4.69, 9.17) is 4.74 Å². The molecule has 2 rings (SSSR count). The van der Waals surface area contributed by atoms with E-state index < -0.39 is 22.3 Å². The number of rotatable bonds is 7. The zero-order valence-electron chi connectivity index (χ0n) is 19.5. The molecule has 32 heavy (non-hydrogen) atoms. The van der Waals surface area contributed by atoms with Crippen LogP contribution in [-0.2, 0) is 9.59 Å². The van der Waals surface area contributed by atoms with E-state index in [1.54, 1.807) is 44.2 Å². The maximum absolute atomic E-state index is 12.9. The molecule has 0 aromatic heterocycles. The Morgan fingerprint density at radius 1 is 1.22 bits per heavy atom. The zero-order chi connectivity index (χ0) is 24.3. The lowest BCUT2D eigenvalue weighted by Crippen LogP contribution is -2.40. The monoisotopic (exact) mass is 437 g/mol. The molecule has 0 spiro atoms. The molecule has 0 heterocycles. The molecular formula is C26H31NO5. The normalized spacial score (nSPS) is 23.1. The van der Waals surface area contributed by atoms with Gasteiger partial charge < -0.3 is 14.9 Å². The number of ketones is 2. The second kappa shape index (κ2) is 9.13. The number of carbonyl (C=O) groups excluding carboxylic acids is 2. The van der Waals surface area contributed by atoms with Crippen LogP contribution in [0.15, 0.2) is 48.1 Å². The van der Waals surface area contributed by atoms with E-state index in [1.165, 1.54) is 25.3 Å². The van der Waals surface area contributed by atoms with E-state index in [0.29, 0.717) is 12.0 Å². The molecule has 0 aliphatic heterocycles. The van der Waals surface area contributed by atoms with Crippen LogP contribution in [0.5, 0.6) is 11.5 Å². The molecule has 6 nitrogen and oxygen atoms in total. The molecule has 1 aliphatic rings. The van der Waals surface area contributed by atoms with Gasteiger partial charge in [0.2, 0.25) is 0 Å². The van der Waals surface area contributed by atoms with Gasteiger partial charge in [0.25, 0.3) is 0 Å². The topological polar surface area (TPSA) is 108 Å². The number of ether oxygens (including phenoxy) is 1. The summed E-state index contributed by atoms with van der Waals surface area (Å²) >= 11 is 0. The predicted molar refractivity (Wildman–Crippen MR) is 123 cm³/mol. The van der Waals surface area contributed by atoms with Crippen molar-refractivity contribution in [3.05, 3.63) is 53.6 Å². The van der Waals surface area contributed by atoms with Crippen LogP contribution in [0.25, 0.3) is 6.08 Å². The Hall–Kier alpha value is -3.17. The van der Waals surface area contributed by atoms with Crippen LogP contribution in [0.3, 0.4) is 0 Å². The fourth-order valence-electron chi connectivity index (χ4n) is 3.96. The highest BCUT2D eigenvalue weighted by molar-refractivity contribution is 6.15. The van der Waals surface area contributed by atoms with E-state index in [0.717, 1.165) is 0 Å². The maximum atomic E-state index is 12.9. The highest BCUT2D eigenvalue weighted by Crippen LogP contribution is 2.45. The maximum Gasteiger partial charge on any atom is 0.169 e. The number of aromatic hydroxyl groups is 1. The van der Waals surface area contributed by atoms with E-state index in [1.807, 2.05) is 26.8 Å². The number of hydrogen-bond acceptors (Lipinski definition) is 6. The minimum absolute atomic E-state index is 0.00266. The van der Waals surface area contributed by atoms with E-state index in [9.17, 15) is 25.1 Å². The average molecular weight is 438 g/mol. The van der Waals surface area contributed by atoms with Crippen molar-refractivity contribution in [2.45, 2.75) is 47.1 Å². The molecule has 0 radical (unpaired) electrons. The Bertz CT molecular complexity index is 1040. The minimum atomic E-state index is -1.28. The summed E-state index contributed by atoms with van der Waals surface area (Å²) in [6, 6.07) is 6.74. The van der Waals surface area contributed by atoms with Gasteiger partial charge >= 0.3 is 0 Å². The number of allylic oxidation sites excluding steroid dienone is 4. The number of hydrogen-bond donors (Lipinski definition) is 2. The molecule has 1 aliphatic carbocycles. The second-order valence-corrected chi connectivity index (χ2v) is 9.74. The van der Waals surface area contributed by atoms with Crippen molar-refractivity contribution in [2.24, 2.45) is 16.2 Å². The van der Waals surface area contributed by atoms with Crippen LogP contribution in [0.2, 0.25) is 0 Å². The summed E-state index contributed by atoms with van der Waals surface area (Å²) in [5.74, 6) is -0.432. The molecule has 0 fully saturated rings. The van der Waals surface area contributed by atoms with Crippen LogP contribution in [0, 0.1) is 27.6 Å². The molecule has 1 unspecified atom stereocenters. The van der Waals surface area contributed by atoms with Crippen molar-refractivity contribution in [1.82, 2.24) is 0 Å². The van der Waals surface area contributed by atoms with Gasteiger partial charge in [-0.2, -0.15) is 5.26 Å². The van der Waals surface area contributed by atoms with Crippen molar-refractivity contribution in [2.75, 3.05) is 7.11 Å². The molecule has 170 valence electrons. The summed E-state index contributed by atoms with van der Waals surface area (Å²) < 4.78 is 5.06. The standard InChI is InChI=1S/C26H31NO5/c1-24(2)16-26(5,14-18(15-27)23(24)31)12-11-22(30)25(3,4)21(29)10-8-17-7-9-19(28)20(13-17)32-6/h7-14,23,28,31H,16H2,1-6H3/b10-8+,12-11+/t23?,26-/m0/s1. The number of nitrogens with zero attached hydrogens (tertiary/aromatic N) is 1. The van der Waals surface area contributed by atoms with Gasteiger partial charge in [0, 0.05) is 5.41 Å². The lowest BCUT2D eigenvalue weighted by molar-refractivity contribution is -0.132. The third kappa shape index (κ3) is 5.35. The van der Waals surface area contributed by atoms with Crippen LogP contribution in [-0.4, -0.2) is 35.0 Å². The molecule has 1 aromatic carbocycles. The van der Waals surface area contributed by atoms with Crippen molar-refractivity contribution < 1.29 is 24.5 Å². The Morgan fingerprint density at radius 3 is 2.44 bits per heavy atom. The predicted octanol–water partition coefficient (Wildman–Crippen LogP) is 4.38. The zero-order valence-corrected chi connectivity index (χ0v) is 19.5. The van der Waals surface area contributed by atoms with Crippen molar-refractivity contribution in [1.29, 1.82) is 5.26 Å². The summed E-state index contributed by atoms with van der Waals surface area (Å²) in [6.45, 7) is 8.79. The average Bonchev–Trinajstić information content (AvgIpc) is 2.73. The van der Waals surface area contributed by atoms with E-state index in [-0.39, 0.29) is 28.6 Å². The van der Waals surface area contributed by atoms with Gasteiger partial charge in [0.15, 0.2) is 23.1 Å². The van der Waals surface area contributed by atoms with Crippen LogP contribution in [0.4, 0.5) is 0 Å². The van der Waals surface area contributed by atoms with E-state index >= 15 is 0 Å². The molecule has 2 atom stereocenters.